The minimum Gasteiger partial charge on any atom is -0.490 e. The number of anilines is 3. The maximum Gasteiger partial charge on any atom is 0.243 e. The molecule has 2 aromatic heterocycles. The Labute approximate surface area is 192 Å². The smallest absolute Gasteiger partial charge is 0.243 e. The Bertz CT molecular complexity index is 1200. The molecule has 0 amide bonds. The largest absolute Gasteiger partial charge is 0.490 e. The molecular weight excluding hydrogens is 444 g/mol. The molecule has 10 nitrogen and oxygen atoms in total. The Hall–Kier alpha value is -3.44. The monoisotopic (exact) mass is 468 g/mol. The SMILES string of the molecule is O=S(=O)(c1ccc2c(c1)OCCCO2)N1CCN(c2ccc(Nc3ccncc3)nn2)CC1. The summed E-state index contributed by atoms with van der Waals surface area (Å²) >= 11 is 0. The second kappa shape index (κ2) is 9.20. The number of sulfonamides is 1. The van der Waals surface area contributed by atoms with Crippen molar-refractivity contribution in [2.75, 3.05) is 49.6 Å². The molecule has 0 radical (unpaired) electrons. The standard InChI is InChI=1S/C22H24N6O4S/c29-33(30,18-2-3-19-20(16-18)32-15-1-14-31-19)28-12-10-27(11-13-28)22-5-4-21(25-26-22)24-17-6-8-23-9-7-17/h2-9,16H,1,10-15H2,(H,23,24,25). The van der Waals surface area contributed by atoms with E-state index in [4.69, 9.17) is 9.47 Å². The van der Waals surface area contributed by atoms with Crippen molar-refractivity contribution in [3.05, 3.63) is 54.9 Å². The zero-order valence-corrected chi connectivity index (χ0v) is 18.7. The van der Waals surface area contributed by atoms with Gasteiger partial charge in [-0.2, -0.15) is 4.31 Å². The molecular formula is C22H24N6O4S. The lowest BCUT2D eigenvalue weighted by Gasteiger charge is -2.34. The molecule has 2 aliphatic rings. The third kappa shape index (κ3) is 4.69. The maximum absolute atomic E-state index is 13.2. The van der Waals surface area contributed by atoms with Crippen molar-refractivity contribution >= 4 is 27.3 Å². The number of benzene rings is 1. The number of piperazine rings is 1. The average Bonchev–Trinajstić information content (AvgIpc) is 3.10. The summed E-state index contributed by atoms with van der Waals surface area (Å²) in [6, 6.07) is 12.2. The number of aromatic nitrogens is 3. The van der Waals surface area contributed by atoms with Crippen molar-refractivity contribution in [2.45, 2.75) is 11.3 Å². The minimum atomic E-state index is -3.63. The van der Waals surface area contributed by atoms with Gasteiger partial charge in [-0.05, 0) is 36.4 Å². The van der Waals surface area contributed by atoms with E-state index in [0.29, 0.717) is 62.5 Å². The van der Waals surface area contributed by atoms with E-state index in [2.05, 4.69) is 20.5 Å². The lowest BCUT2D eigenvalue weighted by atomic mass is 10.3. The summed E-state index contributed by atoms with van der Waals surface area (Å²) in [7, 11) is -3.63. The maximum atomic E-state index is 13.2. The van der Waals surface area contributed by atoms with Crippen molar-refractivity contribution in [1.29, 1.82) is 0 Å². The molecule has 3 aromatic rings. The minimum absolute atomic E-state index is 0.214. The first-order valence-corrected chi connectivity index (χ1v) is 12.2. The van der Waals surface area contributed by atoms with Crippen LogP contribution in [0.1, 0.15) is 6.42 Å². The van der Waals surface area contributed by atoms with Crippen LogP contribution in [0.4, 0.5) is 17.3 Å². The molecule has 0 spiro atoms. The van der Waals surface area contributed by atoms with Crippen LogP contribution in [0.3, 0.4) is 0 Å². The summed E-state index contributed by atoms with van der Waals surface area (Å²) in [5, 5.41) is 11.7. The predicted molar refractivity (Wildman–Crippen MR) is 123 cm³/mol. The highest BCUT2D eigenvalue weighted by Gasteiger charge is 2.30. The molecule has 0 atom stereocenters. The number of hydrogen-bond donors (Lipinski definition) is 1. The first-order chi connectivity index (χ1) is 16.1. The van der Waals surface area contributed by atoms with Crippen molar-refractivity contribution < 1.29 is 17.9 Å². The summed E-state index contributed by atoms with van der Waals surface area (Å²) < 4.78 is 39.1. The van der Waals surface area contributed by atoms with E-state index in [-0.39, 0.29) is 4.90 Å². The Kier molecular flexibility index (Phi) is 5.97. The summed E-state index contributed by atoms with van der Waals surface area (Å²) in [6.07, 6.45) is 4.16. The first-order valence-electron chi connectivity index (χ1n) is 10.8. The molecule has 1 aromatic carbocycles. The molecule has 1 N–H and O–H groups in total. The molecule has 0 bridgehead atoms. The molecule has 5 rings (SSSR count). The molecule has 0 aliphatic carbocycles. The Morgan fingerprint density at radius 1 is 0.848 bits per heavy atom. The molecule has 172 valence electrons. The number of nitrogens with one attached hydrogen (secondary N) is 1. The number of fused-ring (bicyclic) bond motifs is 1. The number of nitrogens with zero attached hydrogens (tertiary/aromatic N) is 5. The second-order valence-electron chi connectivity index (χ2n) is 7.69. The lowest BCUT2D eigenvalue weighted by molar-refractivity contribution is 0.296. The quantitative estimate of drug-likeness (QED) is 0.603. The van der Waals surface area contributed by atoms with Crippen molar-refractivity contribution in [1.82, 2.24) is 19.5 Å². The van der Waals surface area contributed by atoms with Gasteiger partial charge in [0.15, 0.2) is 23.1 Å². The zero-order chi connectivity index (χ0) is 22.7. The van der Waals surface area contributed by atoms with Gasteiger partial charge in [0.25, 0.3) is 0 Å². The van der Waals surface area contributed by atoms with Gasteiger partial charge in [-0.1, -0.05) is 0 Å². The fourth-order valence-electron chi connectivity index (χ4n) is 3.75. The first kappa shape index (κ1) is 21.4. The van der Waals surface area contributed by atoms with E-state index in [1.165, 1.54) is 4.31 Å². The normalized spacial score (nSPS) is 16.8. The molecule has 2 aliphatic heterocycles. The number of hydrogen-bond acceptors (Lipinski definition) is 9. The van der Waals surface area contributed by atoms with Gasteiger partial charge in [-0.25, -0.2) is 8.42 Å². The third-order valence-electron chi connectivity index (χ3n) is 5.52. The Balaban J connectivity index is 1.23. The van der Waals surface area contributed by atoms with Crippen LogP contribution in [0.2, 0.25) is 0 Å². The van der Waals surface area contributed by atoms with Crippen LogP contribution in [0.25, 0.3) is 0 Å². The fourth-order valence-corrected chi connectivity index (χ4v) is 5.19. The van der Waals surface area contributed by atoms with Crippen LogP contribution in [-0.2, 0) is 10.0 Å². The van der Waals surface area contributed by atoms with Gasteiger partial charge in [0, 0.05) is 56.7 Å². The topological polar surface area (TPSA) is 110 Å². The van der Waals surface area contributed by atoms with Gasteiger partial charge < -0.3 is 19.7 Å². The molecule has 1 fully saturated rings. The summed E-state index contributed by atoms with van der Waals surface area (Å²) in [6.45, 7) is 2.83. The fraction of sp³-hybridized carbons (Fsp3) is 0.318. The van der Waals surface area contributed by atoms with Crippen LogP contribution in [0.15, 0.2) is 59.8 Å². The molecule has 4 heterocycles. The highest BCUT2D eigenvalue weighted by molar-refractivity contribution is 7.89. The number of ether oxygens (including phenoxy) is 2. The molecule has 0 saturated carbocycles. The highest BCUT2D eigenvalue weighted by Crippen LogP contribution is 2.33. The highest BCUT2D eigenvalue weighted by atomic mass is 32.2. The van der Waals surface area contributed by atoms with E-state index in [9.17, 15) is 8.42 Å². The summed E-state index contributed by atoms with van der Waals surface area (Å²) in [5.41, 5.74) is 0.876. The van der Waals surface area contributed by atoms with E-state index in [1.807, 2.05) is 29.2 Å². The van der Waals surface area contributed by atoms with Crippen molar-refractivity contribution in [2.24, 2.45) is 0 Å². The third-order valence-corrected chi connectivity index (χ3v) is 7.42. The van der Waals surface area contributed by atoms with Gasteiger partial charge in [0.1, 0.15) is 0 Å². The predicted octanol–water partition coefficient (Wildman–Crippen LogP) is 2.29. The van der Waals surface area contributed by atoms with Crippen LogP contribution >= 0.6 is 0 Å². The van der Waals surface area contributed by atoms with E-state index < -0.39 is 10.0 Å². The Morgan fingerprint density at radius 2 is 1.61 bits per heavy atom. The lowest BCUT2D eigenvalue weighted by Crippen LogP contribution is -2.49. The number of pyridine rings is 1. The van der Waals surface area contributed by atoms with E-state index in [0.717, 1.165) is 12.1 Å². The van der Waals surface area contributed by atoms with Crippen LogP contribution in [0.5, 0.6) is 11.5 Å². The summed E-state index contributed by atoms with van der Waals surface area (Å²) in [5.74, 6) is 2.39. The molecule has 33 heavy (non-hydrogen) atoms. The average molecular weight is 469 g/mol. The molecule has 11 heteroatoms. The van der Waals surface area contributed by atoms with Gasteiger partial charge >= 0.3 is 0 Å². The Morgan fingerprint density at radius 3 is 2.33 bits per heavy atom. The van der Waals surface area contributed by atoms with Crippen LogP contribution in [0, 0.1) is 0 Å². The van der Waals surface area contributed by atoms with Crippen LogP contribution in [-0.4, -0.2) is 67.3 Å². The molecule has 0 unspecified atom stereocenters. The summed E-state index contributed by atoms with van der Waals surface area (Å²) in [4.78, 5) is 6.23. The van der Waals surface area contributed by atoms with Gasteiger partial charge in [-0.15, -0.1) is 10.2 Å². The molecule has 1 saturated heterocycles. The second-order valence-corrected chi connectivity index (χ2v) is 9.63. The van der Waals surface area contributed by atoms with Gasteiger partial charge in [0.05, 0.1) is 18.1 Å². The van der Waals surface area contributed by atoms with Crippen molar-refractivity contribution in [3.63, 3.8) is 0 Å². The van der Waals surface area contributed by atoms with E-state index in [1.54, 1.807) is 30.6 Å². The van der Waals surface area contributed by atoms with Crippen LogP contribution < -0.4 is 19.7 Å². The van der Waals surface area contributed by atoms with Gasteiger partial charge in [0.2, 0.25) is 10.0 Å². The number of rotatable bonds is 5. The van der Waals surface area contributed by atoms with Gasteiger partial charge in [-0.3, -0.25) is 4.98 Å². The zero-order valence-electron chi connectivity index (χ0n) is 17.9. The van der Waals surface area contributed by atoms with E-state index >= 15 is 0 Å². The van der Waals surface area contributed by atoms with Crippen molar-refractivity contribution in [3.8, 4) is 11.5 Å².